The van der Waals surface area contributed by atoms with E-state index in [0.717, 1.165) is 37.0 Å². The minimum Gasteiger partial charge on any atom is -0.493 e. The van der Waals surface area contributed by atoms with Crippen molar-refractivity contribution in [1.29, 1.82) is 0 Å². The van der Waals surface area contributed by atoms with Gasteiger partial charge < -0.3 is 14.6 Å². The Kier molecular flexibility index (Phi) is 4.81. The van der Waals surface area contributed by atoms with E-state index in [2.05, 4.69) is 27.4 Å². The zero-order chi connectivity index (χ0) is 20.1. The Labute approximate surface area is 168 Å². The van der Waals surface area contributed by atoms with Crippen LogP contribution in [0.5, 0.6) is 0 Å². The molecule has 4 rings (SSSR count). The highest BCUT2D eigenvalue weighted by Gasteiger charge is 2.56. The Hall–Kier alpha value is -1.81. The van der Waals surface area contributed by atoms with E-state index in [1.54, 1.807) is 0 Å². The van der Waals surface area contributed by atoms with Crippen molar-refractivity contribution in [2.45, 2.75) is 65.1 Å². The van der Waals surface area contributed by atoms with Crippen molar-refractivity contribution < 1.29 is 19.4 Å². The normalized spacial score (nSPS) is 39.3. The summed E-state index contributed by atoms with van der Waals surface area (Å²) in [5.41, 5.74) is 2.27. The van der Waals surface area contributed by atoms with E-state index in [0.29, 0.717) is 18.9 Å². The SMILES string of the molecule is C=C1CC[C@@H]2C(C)(C)[C@@H](O)CC[C@@]2(C)[C@H]1COC1=C[C@H]2OC(=O)CC=C2C=C1. The first-order chi connectivity index (χ1) is 13.2. The number of carbonyl (C=O) groups is 1. The van der Waals surface area contributed by atoms with Crippen LogP contribution >= 0.6 is 0 Å². The van der Waals surface area contributed by atoms with Crippen LogP contribution in [0.4, 0.5) is 0 Å². The molecule has 2 saturated carbocycles. The number of carbonyl (C=O) groups excluding carboxylic acids is 1. The van der Waals surface area contributed by atoms with Crippen molar-refractivity contribution in [2.24, 2.45) is 22.7 Å². The zero-order valence-corrected chi connectivity index (χ0v) is 17.2. The Bertz CT molecular complexity index is 771. The number of esters is 1. The molecule has 5 atom stereocenters. The molecular weight excluding hydrogens is 352 g/mol. The molecule has 3 aliphatic carbocycles. The fourth-order valence-corrected chi connectivity index (χ4v) is 6.00. The molecule has 1 N–H and O–H groups in total. The summed E-state index contributed by atoms with van der Waals surface area (Å²) in [4.78, 5) is 11.6. The number of fused-ring (bicyclic) bond motifs is 2. The Balaban J connectivity index is 1.50. The van der Waals surface area contributed by atoms with Crippen LogP contribution in [0.1, 0.15) is 52.9 Å². The van der Waals surface area contributed by atoms with Crippen LogP contribution in [0.3, 0.4) is 0 Å². The fraction of sp³-hybridized carbons (Fsp3) is 0.625. The van der Waals surface area contributed by atoms with Gasteiger partial charge in [-0.3, -0.25) is 4.79 Å². The highest BCUT2D eigenvalue weighted by molar-refractivity contribution is 5.74. The van der Waals surface area contributed by atoms with Gasteiger partial charge in [0.1, 0.15) is 11.9 Å². The molecule has 0 amide bonds. The summed E-state index contributed by atoms with van der Waals surface area (Å²) >= 11 is 0. The van der Waals surface area contributed by atoms with Crippen molar-refractivity contribution in [3.63, 3.8) is 0 Å². The zero-order valence-electron chi connectivity index (χ0n) is 17.2. The fourth-order valence-electron chi connectivity index (χ4n) is 6.00. The molecule has 1 aliphatic heterocycles. The first-order valence-corrected chi connectivity index (χ1v) is 10.5. The topological polar surface area (TPSA) is 55.8 Å². The number of allylic oxidation sites excluding steroid dienone is 1. The van der Waals surface area contributed by atoms with Crippen molar-refractivity contribution in [1.82, 2.24) is 0 Å². The molecule has 0 spiro atoms. The minimum atomic E-state index is -0.331. The van der Waals surface area contributed by atoms with Gasteiger partial charge in [0.15, 0.2) is 0 Å². The van der Waals surface area contributed by atoms with Gasteiger partial charge in [0, 0.05) is 12.0 Å². The summed E-state index contributed by atoms with van der Waals surface area (Å²) in [7, 11) is 0. The van der Waals surface area contributed by atoms with Crippen LogP contribution in [0.15, 0.2) is 47.8 Å². The van der Waals surface area contributed by atoms with E-state index in [1.807, 2.05) is 24.3 Å². The number of rotatable bonds is 3. The monoisotopic (exact) mass is 384 g/mol. The lowest BCUT2D eigenvalue weighted by molar-refractivity contribution is -0.145. The lowest BCUT2D eigenvalue weighted by Gasteiger charge is -2.59. The van der Waals surface area contributed by atoms with Gasteiger partial charge in [-0.2, -0.15) is 0 Å². The Morgan fingerprint density at radius 2 is 2.07 bits per heavy atom. The van der Waals surface area contributed by atoms with E-state index in [9.17, 15) is 9.90 Å². The van der Waals surface area contributed by atoms with Crippen LogP contribution in [-0.4, -0.2) is 29.9 Å². The molecule has 2 fully saturated rings. The second kappa shape index (κ2) is 6.91. The highest BCUT2D eigenvalue weighted by atomic mass is 16.5. The van der Waals surface area contributed by atoms with Crippen LogP contribution in [-0.2, 0) is 14.3 Å². The molecule has 4 aliphatic rings. The largest absolute Gasteiger partial charge is 0.493 e. The van der Waals surface area contributed by atoms with Gasteiger partial charge in [-0.1, -0.05) is 45.1 Å². The molecule has 28 heavy (non-hydrogen) atoms. The number of hydrogen-bond acceptors (Lipinski definition) is 4. The standard InChI is InChI=1S/C24H32O4/c1-15-5-9-20-23(2,3)21(25)11-12-24(20,4)18(15)14-27-17-8-6-16-7-10-22(26)28-19(16)13-17/h6-8,13,18-21,25H,1,5,9-12,14H2,2-4H3/t18-,19+,20+,21-,24-/m0/s1. The molecule has 1 heterocycles. The van der Waals surface area contributed by atoms with Gasteiger partial charge in [0.2, 0.25) is 0 Å². The predicted molar refractivity (Wildman–Crippen MR) is 108 cm³/mol. The summed E-state index contributed by atoms with van der Waals surface area (Å²) in [5, 5.41) is 10.6. The summed E-state index contributed by atoms with van der Waals surface area (Å²) in [5.74, 6) is 1.27. The van der Waals surface area contributed by atoms with Gasteiger partial charge in [0.05, 0.1) is 19.1 Å². The van der Waals surface area contributed by atoms with Crippen LogP contribution in [0, 0.1) is 22.7 Å². The quantitative estimate of drug-likeness (QED) is 0.576. The number of aliphatic hydroxyl groups excluding tert-OH is 1. The molecule has 0 bridgehead atoms. The minimum absolute atomic E-state index is 0.0827. The molecule has 0 aromatic heterocycles. The van der Waals surface area contributed by atoms with E-state index in [1.165, 1.54) is 5.57 Å². The van der Waals surface area contributed by atoms with Gasteiger partial charge in [-0.25, -0.2) is 0 Å². The first-order valence-electron chi connectivity index (χ1n) is 10.5. The first kappa shape index (κ1) is 19.5. The predicted octanol–water partition coefficient (Wildman–Crippen LogP) is 4.47. The van der Waals surface area contributed by atoms with Gasteiger partial charge >= 0.3 is 5.97 Å². The summed E-state index contributed by atoms with van der Waals surface area (Å²) < 4.78 is 11.6. The molecular formula is C24H32O4. The third-order valence-electron chi connectivity index (χ3n) is 7.82. The van der Waals surface area contributed by atoms with E-state index < -0.39 is 0 Å². The van der Waals surface area contributed by atoms with Crippen LogP contribution in [0.2, 0.25) is 0 Å². The van der Waals surface area contributed by atoms with E-state index >= 15 is 0 Å². The second-order valence-electron chi connectivity index (χ2n) is 9.72. The maximum Gasteiger partial charge on any atom is 0.310 e. The Morgan fingerprint density at radius 1 is 1.29 bits per heavy atom. The van der Waals surface area contributed by atoms with Crippen molar-refractivity contribution in [2.75, 3.05) is 6.61 Å². The lowest BCUT2D eigenvalue weighted by Crippen LogP contribution is -2.55. The average molecular weight is 385 g/mol. The van der Waals surface area contributed by atoms with Crippen LogP contribution < -0.4 is 0 Å². The van der Waals surface area contributed by atoms with E-state index in [4.69, 9.17) is 9.47 Å². The maximum absolute atomic E-state index is 11.6. The van der Waals surface area contributed by atoms with Gasteiger partial charge in [-0.05, 0) is 54.1 Å². The number of ether oxygens (including phenoxy) is 2. The molecule has 0 radical (unpaired) electrons. The Morgan fingerprint density at radius 3 is 2.86 bits per heavy atom. The van der Waals surface area contributed by atoms with E-state index in [-0.39, 0.29) is 34.9 Å². The van der Waals surface area contributed by atoms with Crippen molar-refractivity contribution >= 4 is 5.97 Å². The maximum atomic E-state index is 11.6. The summed E-state index contributed by atoms with van der Waals surface area (Å²) in [6, 6.07) is 0. The third kappa shape index (κ3) is 3.16. The van der Waals surface area contributed by atoms with Crippen molar-refractivity contribution in [3.05, 3.63) is 47.8 Å². The summed E-state index contributed by atoms with van der Waals surface area (Å²) in [6.45, 7) is 11.7. The lowest BCUT2D eigenvalue weighted by atomic mass is 9.47. The van der Waals surface area contributed by atoms with Gasteiger partial charge in [0.25, 0.3) is 0 Å². The van der Waals surface area contributed by atoms with Crippen LogP contribution in [0.25, 0.3) is 0 Å². The highest BCUT2D eigenvalue weighted by Crippen LogP contribution is 2.60. The smallest absolute Gasteiger partial charge is 0.310 e. The number of hydrogen-bond donors (Lipinski definition) is 1. The molecule has 0 unspecified atom stereocenters. The average Bonchev–Trinajstić information content (AvgIpc) is 2.64. The third-order valence-corrected chi connectivity index (χ3v) is 7.82. The number of aliphatic hydroxyl groups is 1. The molecule has 0 saturated heterocycles. The molecule has 4 nitrogen and oxygen atoms in total. The van der Waals surface area contributed by atoms with Gasteiger partial charge in [-0.15, -0.1) is 0 Å². The molecule has 4 heteroatoms. The van der Waals surface area contributed by atoms with Crippen molar-refractivity contribution in [3.8, 4) is 0 Å². The molecule has 0 aromatic rings. The second-order valence-corrected chi connectivity index (χ2v) is 9.72. The summed E-state index contributed by atoms with van der Waals surface area (Å²) in [6.07, 6.45) is 11.4. The molecule has 152 valence electrons. The molecule has 0 aromatic carbocycles.